The van der Waals surface area contributed by atoms with Gasteiger partial charge in [0, 0.05) is 13.1 Å². The molecular weight excluding hydrogens is 214 g/mol. The number of carbonyl (C=O) groups is 1. The normalized spacial score (nSPS) is 34.6. The molecule has 0 bridgehead atoms. The molecule has 1 aliphatic heterocycles. The number of β-amino-alcohol motifs (C(OH)–C–C–N with tert-alkyl or cyclic N) is 1. The Morgan fingerprint density at radius 1 is 1.41 bits per heavy atom. The summed E-state index contributed by atoms with van der Waals surface area (Å²) in [6, 6.07) is 0. The molecule has 2 unspecified atom stereocenters. The largest absolute Gasteiger partial charge is 0.391 e. The summed E-state index contributed by atoms with van der Waals surface area (Å²) in [4.78, 5) is 14.2. The second-order valence-corrected chi connectivity index (χ2v) is 6.30. The van der Waals surface area contributed by atoms with Gasteiger partial charge in [0.2, 0.25) is 5.91 Å². The summed E-state index contributed by atoms with van der Waals surface area (Å²) in [7, 11) is 0. The number of aliphatic hydroxyl groups is 1. The topological polar surface area (TPSA) is 40.5 Å². The van der Waals surface area contributed by atoms with E-state index in [0.29, 0.717) is 19.0 Å². The van der Waals surface area contributed by atoms with E-state index in [2.05, 4.69) is 33.8 Å². The molecule has 3 atom stereocenters. The molecule has 1 N–H and O–H groups in total. The lowest BCUT2D eigenvalue weighted by Crippen LogP contribution is -2.32. The van der Waals surface area contributed by atoms with Gasteiger partial charge in [-0.15, -0.1) is 0 Å². The molecule has 0 aromatic rings. The second-order valence-electron chi connectivity index (χ2n) is 6.30. The van der Waals surface area contributed by atoms with E-state index in [4.69, 9.17) is 0 Å². The van der Waals surface area contributed by atoms with Crippen molar-refractivity contribution in [1.82, 2.24) is 4.90 Å². The lowest BCUT2D eigenvalue weighted by atomic mass is 10.1. The Kier molecular flexibility index (Phi) is 3.06. The van der Waals surface area contributed by atoms with E-state index in [9.17, 15) is 9.90 Å². The fourth-order valence-electron chi connectivity index (χ4n) is 2.96. The highest BCUT2D eigenvalue weighted by Gasteiger charge is 2.61. The van der Waals surface area contributed by atoms with E-state index in [1.54, 1.807) is 0 Å². The first-order valence-electron chi connectivity index (χ1n) is 6.46. The first-order chi connectivity index (χ1) is 7.84. The van der Waals surface area contributed by atoms with Crippen LogP contribution in [0.4, 0.5) is 0 Å². The molecule has 2 aliphatic rings. The number of carbonyl (C=O) groups excluding carboxylic acids is 1. The molecule has 3 heteroatoms. The van der Waals surface area contributed by atoms with E-state index in [1.807, 2.05) is 4.90 Å². The second kappa shape index (κ2) is 4.13. The molecule has 1 saturated carbocycles. The number of amides is 1. The molecule has 2 fully saturated rings. The third-order valence-electron chi connectivity index (χ3n) is 4.16. The van der Waals surface area contributed by atoms with Crippen LogP contribution in [0.5, 0.6) is 0 Å². The zero-order valence-electron chi connectivity index (χ0n) is 11.2. The summed E-state index contributed by atoms with van der Waals surface area (Å²) in [6.45, 7) is 9.71. The number of aliphatic hydroxyl groups excluding tert-OH is 1. The summed E-state index contributed by atoms with van der Waals surface area (Å²) >= 11 is 0. The zero-order chi connectivity index (χ0) is 12.8. The molecule has 1 aliphatic carbocycles. The fraction of sp³-hybridized carbons (Fsp3) is 0.786. The molecule has 96 valence electrons. The van der Waals surface area contributed by atoms with E-state index >= 15 is 0 Å². The van der Waals surface area contributed by atoms with Gasteiger partial charge < -0.3 is 10.0 Å². The zero-order valence-corrected chi connectivity index (χ0v) is 11.2. The van der Waals surface area contributed by atoms with Crippen LogP contribution in [-0.2, 0) is 4.79 Å². The average Bonchev–Trinajstić information content (AvgIpc) is 2.60. The third-order valence-corrected chi connectivity index (χ3v) is 4.16. The number of nitrogens with zero attached hydrogens (tertiary/aromatic N) is 1. The Morgan fingerprint density at radius 3 is 2.53 bits per heavy atom. The van der Waals surface area contributed by atoms with Gasteiger partial charge in [-0.2, -0.15) is 0 Å². The van der Waals surface area contributed by atoms with Gasteiger partial charge >= 0.3 is 0 Å². The van der Waals surface area contributed by atoms with Crippen molar-refractivity contribution in [1.29, 1.82) is 0 Å². The van der Waals surface area contributed by atoms with Crippen LogP contribution in [0, 0.1) is 17.3 Å². The van der Waals surface area contributed by atoms with Crippen LogP contribution in [0.3, 0.4) is 0 Å². The lowest BCUT2D eigenvalue weighted by molar-refractivity contribution is -0.132. The minimum Gasteiger partial charge on any atom is -0.391 e. The van der Waals surface area contributed by atoms with E-state index in [1.165, 1.54) is 5.57 Å². The molecule has 3 nitrogen and oxygen atoms in total. The van der Waals surface area contributed by atoms with Crippen molar-refractivity contribution in [2.24, 2.45) is 17.3 Å². The standard InChI is InChI=1S/C14H23NO2/c1-9(2)7-11-12(14(11,3)4)13(17)15-6-5-10(16)8-15/h7,10-12,16H,5-6,8H2,1-4H3/t10-,11?,12?/m1/s1. The SMILES string of the molecule is CC(C)=CC1C(C(=O)N2CC[C@@H](O)C2)C1(C)C. The van der Waals surface area contributed by atoms with Crippen LogP contribution in [0.2, 0.25) is 0 Å². The van der Waals surface area contributed by atoms with Gasteiger partial charge in [-0.1, -0.05) is 25.5 Å². The maximum absolute atomic E-state index is 12.3. The Hall–Kier alpha value is -0.830. The minimum absolute atomic E-state index is 0.0852. The number of hydrogen-bond donors (Lipinski definition) is 1. The summed E-state index contributed by atoms with van der Waals surface area (Å²) in [6.07, 6.45) is 2.63. The molecule has 0 aromatic heterocycles. The Bertz CT molecular complexity index is 355. The lowest BCUT2D eigenvalue weighted by Gasteiger charge is -2.16. The van der Waals surface area contributed by atoms with Crippen molar-refractivity contribution in [2.75, 3.05) is 13.1 Å². The number of hydrogen-bond acceptors (Lipinski definition) is 2. The van der Waals surface area contributed by atoms with Crippen LogP contribution >= 0.6 is 0 Å². The van der Waals surface area contributed by atoms with Crippen LogP contribution in [0.25, 0.3) is 0 Å². The molecule has 1 amide bonds. The summed E-state index contributed by atoms with van der Waals surface area (Å²) in [5.41, 5.74) is 1.36. The summed E-state index contributed by atoms with van der Waals surface area (Å²) < 4.78 is 0. The Labute approximate surface area is 103 Å². The van der Waals surface area contributed by atoms with Gasteiger partial charge in [0.15, 0.2) is 0 Å². The summed E-state index contributed by atoms with van der Waals surface area (Å²) in [5, 5.41) is 9.49. The van der Waals surface area contributed by atoms with Gasteiger partial charge in [0.05, 0.1) is 12.0 Å². The number of allylic oxidation sites excluding steroid dienone is 2. The first-order valence-corrected chi connectivity index (χ1v) is 6.46. The monoisotopic (exact) mass is 237 g/mol. The highest BCUT2D eigenvalue weighted by molar-refractivity contribution is 5.84. The number of likely N-dealkylation sites (tertiary alicyclic amines) is 1. The van der Waals surface area contributed by atoms with Crippen molar-refractivity contribution >= 4 is 5.91 Å². The molecule has 0 aromatic carbocycles. The smallest absolute Gasteiger partial charge is 0.226 e. The molecular formula is C14H23NO2. The molecule has 1 saturated heterocycles. The molecule has 17 heavy (non-hydrogen) atoms. The van der Waals surface area contributed by atoms with E-state index in [-0.39, 0.29) is 23.3 Å². The molecule has 0 radical (unpaired) electrons. The summed E-state index contributed by atoms with van der Waals surface area (Å²) in [5.74, 6) is 0.717. The quantitative estimate of drug-likeness (QED) is 0.744. The van der Waals surface area contributed by atoms with Crippen LogP contribution in [0.1, 0.15) is 34.1 Å². The van der Waals surface area contributed by atoms with Gasteiger partial charge in [0.25, 0.3) is 0 Å². The van der Waals surface area contributed by atoms with E-state index in [0.717, 1.165) is 6.42 Å². The fourth-order valence-corrected chi connectivity index (χ4v) is 2.96. The predicted molar refractivity (Wildman–Crippen MR) is 67.4 cm³/mol. The average molecular weight is 237 g/mol. The maximum Gasteiger partial charge on any atom is 0.226 e. The number of rotatable bonds is 2. The van der Waals surface area contributed by atoms with Gasteiger partial charge in [-0.25, -0.2) is 0 Å². The van der Waals surface area contributed by atoms with Crippen LogP contribution in [-0.4, -0.2) is 35.1 Å². The molecule has 2 rings (SSSR count). The minimum atomic E-state index is -0.317. The van der Waals surface area contributed by atoms with Crippen LogP contribution in [0.15, 0.2) is 11.6 Å². The van der Waals surface area contributed by atoms with Crippen molar-refractivity contribution in [3.8, 4) is 0 Å². The van der Waals surface area contributed by atoms with Crippen molar-refractivity contribution in [3.63, 3.8) is 0 Å². The predicted octanol–water partition coefficient (Wildman–Crippen LogP) is 1.82. The Morgan fingerprint density at radius 2 is 2.06 bits per heavy atom. The first kappa shape index (κ1) is 12.6. The van der Waals surface area contributed by atoms with Crippen molar-refractivity contribution in [2.45, 2.75) is 40.2 Å². The van der Waals surface area contributed by atoms with E-state index < -0.39 is 0 Å². The molecule has 0 spiro atoms. The molecule has 1 heterocycles. The highest BCUT2D eigenvalue weighted by atomic mass is 16.3. The Balaban J connectivity index is 2.04. The maximum atomic E-state index is 12.3. The van der Waals surface area contributed by atoms with Gasteiger partial charge in [-0.3, -0.25) is 4.79 Å². The van der Waals surface area contributed by atoms with Crippen LogP contribution < -0.4 is 0 Å². The third kappa shape index (κ3) is 2.25. The van der Waals surface area contributed by atoms with Gasteiger partial charge in [-0.05, 0) is 31.6 Å². The van der Waals surface area contributed by atoms with Crippen molar-refractivity contribution < 1.29 is 9.90 Å². The van der Waals surface area contributed by atoms with Crippen molar-refractivity contribution in [3.05, 3.63) is 11.6 Å². The van der Waals surface area contributed by atoms with Gasteiger partial charge in [0.1, 0.15) is 0 Å². The highest BCUT2D eigenvalue weighted by Crippen LogP contribution is 2.60.